The van der Waals surface area contributed by atoms with Crippen LogP contribution in [-0.4, -0.2) is 43.6 Å². The lowest BCUT2D eigenvalue weighted by molar-refractivity contribution is -0.169. The topological polar surface area (TPSA) is 97.7 Å². The Morgan fingerprint density at radius 1 is 1.22 bits per heavy atom. The predicted molar refractivity (Wildman–Crippen MR) is 65.9 cm³/mol. The highest BCUT2D eigenvalue weighted by Crippen LogP contribution is 2.29. The molecule has 0 aromatic carbocycles. The predicted octanol–water partition coefficient (Wildman–Crippen LogP) is 0.855. The zero-order valence-corrected chi connectivity index (χ0v) is 11.7. The van der Waals surface area contributed by atoms with Crippen molar-refractivity contribution in [1.29, 1.82) is 0 Å². The lowest BCUT2D eigenvalue weighted by atomic mass is 9.82. The van der Waals surface area contributed by atoms with Crippen molar-refractivity contribution in [2.24, 2.45) is 5.41 Å². The molecule has 6 nitrogen and oxygen atoms in total. The van der Waals surface area contributed by atoms with Gasteiger partial charge in [0.15, 0.2) is 5.41 Å². The van der Waals surface area contributed by atoms with E-state index >= 15 is 0 Å². The molecule has 0 aromatic heterocycles. The third kappa shape index (κ3) is 3.97. The van der Waals surface area contributed by atoms with Crippen molar-refractivity contribution in [2.45, 2.75) is 33.6 Å². The quantitative estimate of drug-likeness (QED) is 0.523. The van der Waals surface area contributed by atoms with Gasteiger partial charge in [0, 0.05) is 5.75 Å². The van der Waals surface area contributed by atoms with Crippen LogP contribution in [0.1, 0.15) is 33.6 Å². The maximum atomic E-state index is 11.7. The molecule has 0 amide bonds. The summed E-state index contributed by atoms with van der Waals surface area (Å²) in [7, 11) is -3.32. The van der Waals surface area contributed by atoms with E-state index in [1.807, 2.05) is 0 Å². The third-order valence-corrected chi connectivity index (χ3v) is 4.66. The summed E-state index contributed by atoms with van der Waals surface area (Å²) in [5, 5.41) is 9.19. The minimum atomic E-state index is -3.32. The molecule has 0 heterocycles. The van der Waals surface area contributed by atoms with E-state index in [9.17, 15) is 23.1 Å². The largest absolute Gasteiger partial charge is 0.480 e. The van der Waals surface area contributed by atoms with Crippen LogP contribution in [0, 0.1) is 5.41 Å². The van der Waals surface area contributed by atoms with Crippen molar-refractivity contribution in [2.75, 3.05) is 18.1 Å². The van der Waals surface area contributed by atoms with Crippen LogP contribution in [0.15, 0.2) is 0 Å². The molecule has 0 aliphatic rings. The number of carbonyl (C=O) groups is 2. The zero-order valence-electron chi connectivity index (χ0n) is 10.9. The Labute approximate surface area is 107 Å². The van der Waals surface area contributed by atoms with Gasteiger partial charge >= 0.3 is 11.9 Å². The van der Waals surface area contributed by atoms with Crippen molar-refractivity contribution in [3.63, 3.8) is 0 Å². The maximum absolute atomic E-state index is 11.7. The monoisotopic (exact) mass is 280 g/mol. The Bertz CT molecular complexity index is 400. The first-order valence-corrected chi connectivity index (χ1v) is 7.69. The summed E-state index contributed by atoms with van der Waals surface area (Å²) in [6.07, 6.45) is -0.256. The van der Waals surface area contributed by atoms with Gasteiger partial charge < -0.3 is 9.84 Å². The first-order chi connectivity index (χ1) is 8.25. The molecule has 0 rings (SSSR count). The van der Waals surface area contributed by atoms with Gasteiger partial charge in [-0.2, -0.15) is 0 Å². The summed E-state index contributed by atoms with van der Waals surface area (Å²) in [6.45, 7) is 4.65. The molecule has 0 saturated heterocycles. The van der Waals surface area contributed by atoms with E-state index in [4.69, 9.17) is 4.74 Å². The van der Waals surface area contributed by atoms with E-state index in [0.29, 0.717) is 0 Å². The van der Waals surface area contributed by atoms with E-state index in [-0.39, 0.29) is 31.0 Å². The summed E-state index contributed by atoms with van der Waals surface area (Å²) in [4.78, 5) is 23.0. The van der Waals surface area contributed by atoms with Gasteiger partial charge in [-0.25, -0.2) is 8.42 Å². The van der Waals surface area contributed by atoms with Gasteiger partial charge in [-0.1, -0.05) is 13.8 Å². The van der Waals surface area contributed by atoms with E-state index in [1.54, 1.807) is 6.92 Å². The SMILES string of the molecule is CCOC(=O)C(CC)(CCS(=O)(=O)CC)C(=O)O. The highest BCUT2D eigenvalue weighted by atomic mass is 32.2. The van der Waals surface area contributed by atoms with Gasteiger partial charge in [-0.05, 0) is 19.8 Å². The van der Waals surface area contributed by atoms with Gasteiger partial charge in [-0.15, -0.1) is 0 Å². The molecular formula is C11H20O6S. The minimum absolute atomic E-state index is 0.000398. The van der Waals surface area contributed by atoms with E-state index in [0.717, 1.165) is 0 Å². The number of carboxylic acids is 1. The van der Waals surface area contributed by atoms with Crippen LogP contribution >= 0.6 is 0 Å². The fourth-order valence-corrected chi connectivity index (χ4v) is 2.46. The first kappa shape index (κ1) is 16.9. The number of aliphatic carboxylic acids is 1. The number of hydrogen-bond donors (Lipinski definition) is 1. The van der Waals surface area contributed by atoms with E-state index in [2.05, 4.69) is 0 Å². The van der Waals surface area contributed by atoms with Crippen LogP contribution < -0.4 is 0 Å². The van der Waals surface area contributed by atoms with E-state index < -0.39 is 27.2 Å². The van der Waals surface area contributed by atoms with Crippen molar-refractivity contribution in [3.05, 3.63) is 0 Å². The van der Waals surface area contributed by atoms with Crippen molar-refractivity contribution >= 4 is 21.8 Å². The molecule has 0 aliphatic carbocycles. The fraction of sp³-hybridized carbons (Fsp3) is 0.818. The second kappa shape index (κ2) is 6.72. The van der Waals surface area contributed by atoms with Crippen LogP contribution in [-0.2, 0) is 24.2 Å². The fourth-order valence-electron chi connectivity index (χ4n) is 1.51. The lowest BCUT2D eigenvalue weighted by Gasteiger charge is -2.25. The van der Waals surface area contributed by atoms with Crippen LogP contribution in [0.3, 0.4) is 0 Å². The van der Waals surface area contributed by atoms with Crippen LogP contribution in [0.2, 0.25) is 0 Å². The zero-order chi connectivity index (χ0) is 14.4. The average Bonchev–Trinajstić information content (AvgIpc) is 2.30. The Balaban J connectivity index is 5.12. The highest BCUT2D eigenvalue weighted by Gasteiger charge is 2.46. The van der Waals surface area contributed by atoms with Gasteiger partial charge in [0.1, 0.15) is 9.84 Å². The lowest BCUT2D eigenvalue weighted by Crippen LogP contribution is -2.41. The number of esters is 1. The van der Waals surface area contributed by atoms with Crippen molar-refractivity contribution < 1.29 is 27.9 Å². The number of rotatable bonds is 8. The summed E-state index contributed by atoms with van der Waals surface area (Å²) in [5.41, 5.74) is -1.77. The average molecular weight is 280 g/mol. The molecule has 7 heteroatoms. The molecule has 106 valence electrons. The Kier molecular flexibility index (Phi) is 6.31. The normalized spacial score (nSPS) is 14.8. The Morgan fingerprint density at radius 3 is 2.11 bits per heavy atom. The molecule has 18 heavy (non-hydrogen) atoms. The van der Waals surface area contributed by atoms with Gasteiger partial charge in [0.05, 0.1) is 12.4 Å². The van der Waals surface area contributed by atoms with Crippen LogP contribution in [0.5, 0.6) is 0 Å². The van der Waals surface area contributed by atoms with Crippen LogP contribution in [0.25, 0.3) is 0 Å². The first-order valence-electron chi connectivity index (χ1n) is 5.86. The molecule has 0 radical (unpaired) electrons. The molecule has 0 spiro atoms. The molecule has 0 aromatic rings. The second-order valence-corrected chi connectivity index (χ2v) is 6.42. The summed E-state index contributed by atoms with van der Waals surface area (Å²) in [5.74, 6) is -2.61. The number of ether oxygens (including phenoxy) is 1. The maximum Gasteiger partial charge on any atom is 0.323 e. The van der Waals surface area contributed by atoms with Crippen molar-refractivity contribution in [3.8, 4) is 0 Å². The molecular weight excluding hydrogens is 260 g/mol. The van der Waals surface area contributed by atoms with Crippen LogP contribution in [0.4, 0.5) is 0 Å². The smallest absolute Gasteiger partial charge is 0.323 e. The molecule has 0 fully saturated rings. The standard InChI is InChI=1S/C11H20O6S/c1-4-11(9(12)13,10(14)17-5-2)7-8-18(15,16)6-3/h4-8H2,1-3H3,(H,12,13). The molecule has 1 N–H and O–H groups in total. The number of carbonyl (C=O) groups excluding carboxylic acids is 1. The summed E-state index contributed by atoms with van der Waals surface area (Å²) < 4.78 is 27.6. The van der Waals surface area contributed by atoms with Crippen molar-refractivity contribution in [1.82, 2.24) is 0 Å². The summed E-state index contributed by atoms with van der Waals surface area (Å²) in [6, 6.07) is 0. The summed E-state index contributed by atoms with van der Waals surface area (Å²) >= 11 is 0. The molecule has 0 saturated carbocycles. The second-order valence-electron chi connectivity index (χ2n) is 3.95. The molecule has 0 aliphatic heterocycles. The third-order valence-electron chi connectivity index (χ3n) is 2.96. The number of sulfone groups is 1. The van der Waals surface area contributed by atoms with Gasteiger partial charge in [0.2, 0.25) is 0 Å². The molecule has 1 unspecified atom stereocenters. The highest BCUT2D eigenvalue weighted by molar-refractivity contribution is 7.91. The molecule has 0 bridgehead atoms. The minimum Gasteiger partial charge on any atom is -0.480 e. The Hall–Kier alpha value is -1.11. The van der Waals surface area contributed by atoms with E-state index in [1.165, 1.54) is 13.8 Å². The number of carboxylic acid groups (broad SMARTS) is 1. The van der Waals surface area contributed by atoms with Gasteiger partial charge in [0.25, 0.3) is 0 Å². The Morgan fingerprint density at radius 2 is 1.78 bits per heavy atom. The number of hydrogen-bond acceptors (Lipinski definition) is 5. The molecule has 1 atom stereocenters. The van der Waals surface area contributed by atoms with Gasteiger partial charge in [-0.3, -0.25) is 9.59 Å².